The van der Waals surface area contributed by atoms with Gasteiger partial charge in [0, 0.05) is 16.9 Å². The Balaban J connectivity index is 1.15. The number of fused-ring (bicyclic) bond motifs is 1. The fourth-order valence-electron chi connectivity index (χ4n) is 4.63. The van der Waals surface area contributed by atoms with Crippen molar-refractivity contribution in [1.29, 1.82) is 0 Å². The van der Waals surface area contributed by atoms with Crippen LogP contribution < -0.4 is 5.32 Å². The van der Waals surface area contributed by atoms with E-state index in [1.54, 1.807) is 0 Å². The van der Waals surface area contributed by atoms with Crippen molar-refractivity contribution >= 4 is 22.4 Å². The zero-order valence-corrected chi connectivity index (χ0v) is 20.6. The van der Waals surface area contributed by atoms with Crippen molar-refractivity contribution in [3.8, 4) is 0 Å². The molecule has 2 atom stereocenters. The summed E-state index contributed by atoms with van der Waals surface area (Å²) in [6.07, 6.45) is 1.04. The largest absolute Gasteiger partial charge is 0.481 e. The topological polar surface area (TPSA) is 88.9 Å². The number of hydrogen-bond acceptors (Lipinski definition) is 5. The van der Waals surface area contributed by atoms with E-state index in [9.17, 15) is 9.90 Å². The van der Waals surface area contributed by atoms with Crippen molar-refractivity contribution < 1.29 is 19.4 Å². The summed E-state index contributed by atoms with van der Waals surface area (Å²) in [5.41, 5.74) is 5.89. The van der Waals surface area contributed by atoms with Crippen molar-refractivity contribution in [3.05, 3.63) is 94.8 Å². The third-order valence-corrected chi connectivity index (χ3v) is 6.52. The molecule has 0 aliphatic carbocycles. The number of nitrogens with one attached hydrogen (secondary N) is 1. The van der Waals surface area contributed by atoms with Crippen LogP contribution in [-0.4, -0.2) is 33.4 Å². The van der Waals surface area contributed by atoms with Crippen LogP contribution in [0.3, 0.4) is 0 Å². The molecule has 0 amide bonds. The van der Waals surface area contributed by atoms with Gasteiger partial charge in [-0.3, -0.25) is 9.48 Å². The van der Waals surface area contributed by atoms with Crippen molar-refractivity contribution in [3.63, 3.8) is 0 Å². The van der Waals surface area contributed by atoms with E-state index in [0.29, 0.717) is 13.2 Å². The molecule has 2 unspecified atom stereocenters. The van der Waals surface area contributed by atoms with Gasteiger partial charge in [0.25, 0.3) is 0 Å². The van der Waals surface area contributed by atoms with Crippen LogP contribution in [0.2, 0.25) is 0 Å². The average Bonchev–Trinajstić information content (AvgIpc) is 3.55. The first-order chi connectivity index (χ1) is 17.5. The standard InChI is InChI=1S/C29H31N3O4/c1-3-25-24(16-27(33)34)26(4-2)32(31-25)17-19-10-13-23(14-11-19)30-28-29(36-28)35-18-20-9-12-21-7-5-6-8-22(21)15-20/h5-15,28-30H,3-4,16-18H2,1-2H3,(H,33,34). The van der Waals surface area contributed by atoms with Gasteiger partial charge in [0.2, 0.25) is 6.29 Å². The van der Waals surface area contributed by atoms with Gasteiger partial charge in [-0.1, -0.05) is 62.4 Å². The van der Waals surface area contributed by atoms with E-state index in [4.69, 9.17) is 14.6 Å². The molecule has 36 heavy (non-hydrogen) atoms. The van der Waals surface area contributed by atoms with Gasteiger partial charge in [-0.2, -0.15) is 5.10 Å². The summed E-state index contributed by atoms with van der Waals surface area (Å²) in [6.45, 7) is 5.16. The molecule has 1 aliphatic heterocycles. The lowest BCUT2D eigenvalue weighted by molar-refractivity contribution is -0.136. The van der Waals surface area contributed by atoms with E-state index in [2.05, 4.69) is 47.8 Å². The minimum absolute atomic E-state index is 0.0146. The molecular formula is C29H31N3O4. The first-order valence-corrected chi connectivity index (χ1v) is 12.4. The number of aryl methyl sites for hydroxylation is 1. The molecule has 1 saturated heterocycles. The summed E-state index contributed by atoms with van der Waals surface area (Å²) in [6, 6.07) is 22.8. The number of carboxylic acid groups (broad SMARTS) is 1. The Labute approximate surface area is 210 Å². The molecule has 2 N–H and O–H groups in total. The maximum absolute atomic E-state index is 11.3. The average molecular weight is 486 g/mol. The van der Waals surface area contributed by atoms with E-state index in [1.807, 2.05) is 42.8 Å². The summed E-state index contributed by atoms with van der Waals surface area (Å²) in [5.74, 6) is -0.823. The monoisotopic (exact) mass is 485 g/mol. The second-order valence-electron chi connectivity index (χ2n) is 9.07. The van der Waals surface area contributed by atoms with Crippen molar-refractivity contribution in [2.75, 3.05) is 5.32 Å². The molecule has 1 aliphatic rings. The maximum atomic E-state index is 11.3. The third-order valence-electron chi connectivity index (χ3n) is 6.52. The first-order valence-electron chi connectivity index (χ1n) is 12.4. The van der Waals surface area contributed by atoms with Gasteiger partial charge >= 0.3 is 5.97 Å². The number of ether oxygens (including phenoxy) is 2. The predicted octanol–water partition coefficient (Wildman–Crippen LogP) is 5.15. The number of hydrogen-bond donors (Lipinski definition) is 2. The smallest absolute Gasteiger partial charge is 0.307 e. The molecule has 7 heteroatoms. The van der Waals surface area contributed by atoms with E-state index in [-0.39, 0.29) is 18.9 Å². The van der Waals surface area contributed by atoms with Crippen LogP contribution >= 0.6 is 0 Å². The van der Waals surface area contributed by atoms with Gasteiger partial charge in [-0.15, -0.1) is 0 Å². The molecule has 1 fully saturated rings. The van der Waals surface area contributed by atoms with Crippen LogP contribution in [0.15, 0.2) is 66.7 Å². The van der Waals surface area contributed by atoms with Gasteiger partial charge < -0.3 is 19.9 Å². The minimum atomic E-state index is -0.823. The summed E-state index contributed by atoms with van der Waals surface area (Å²) in [4.78, 5) is 11.3. The zero-order valence-electron chi connectivity index (χ0n) is 20.6. The fraction of sp³-hybridized carbons (Fsp3) is 0.310. The first kappa shape index (κ1) is 24.0. The Kier molecular flexibility index (Phi) is 7.02. The molecule has 5 rings (SSSR count). The maximum Gasteiger partial charge on any atom is 0.307 e. The van der Waals surface area contributed by atoms with E-state index in [1.165, 1.54) is 10.8 Å². The van der Waals surface area contributed by atoms with Crippen LogP contribution in [-0.2, 0) is 46.7 Å². The Hall–Kier alpha value is -3.68. The molecule has 2 heterocycles. The third kappa shape index (κ3) is 5.42. The van der Waals surface area contributed by atoms with Crippen molar-refractivity contribution in [1.82, 2.24) is 9.78 Å². The molecule has 4 aromatic rings. The van der Waals surface area contributed by atoms with E-state index < -0.39 is 5.97 Å². The Morgan fingerprint density at radius 2 is 1.78 bits per heavy atom. The molecule has 0 bridgehead atoms. The number of rotatable bonds is 11. The second-order valence-corrected chi connectivity index (χ2v) is 9.07. The zero-order chi connectivity index (χ0) is 25.1. The van der Waals surface area contributed by atoms with Crippen LogP contribution in [0.5, 0.6) is 0 Å². The van der Waals surface area contributed by atoms with Crippen LogP contribution in [0.4, 0.5) is 5.69 Å². The summed E-state index contributed by atoms with van der Waals surface area (Å²) in [7, 11) is 0. The number of aromatic nitrogens is 2. The number of anilines is 1. The quantitative estimate of drug-likeness (QED) is 0.286. The number of epoxide rings is 1. The van der Waals surface area contributed by atoms with Gasteiger partial charge in [0.1, 0.15) is 0 Å². The highest BCUT2D eigenvalue weighted by atomic mass is 16.8. The molecule has 3 aromatic carbocycles. The Morgan fingerprint density at radius 1 is 1.03 bits per heavy atom. The molecule has 0 radical (unpaired) electrons. The normalized spacial score (nSPS) is 16.8. The molecule has 1 aromatic heterocycles. The highest BCUT2D eigenvalue weighted by molar-refractivity contribution is 5.82. The molecular weight excluding hydrogens is 454 g/mol. The number of nitrogens with zero attached hydrogens (tertiary/aromatic N) is 2. The highest BCUT2D eigenvalue weighted by Gasteiger charge is 2.40. The number of carboxylic acids is 1. The van der Waals surface area contributed by atoms with Crippen LogP contribution in [0.25, 0.3) is 10.8 Å². The van der Waals surface area contributed by atoms with E-state index >= 15 is 0 Å². The molecule has 0 saturated carbocycles. The van der Waals surface area contributed by atoms with Crippen molar-refractivity contribution in [2.45, 2.75) is 58.8 Å². The lowest BCUT2D eigenvalue weighted by Crippen LogP contribution is -2.10. The summed E-state index contributed by atoms with van der Waals surface area (Å²) < 4.78 is 13.5. The summed E-state index contributed by atoms with van der Waals surface area (Å²) >= 11 is 0. The number of carbonyl (C=O) groups is 1. The molecule has 7 nitrogen and oxygen atoms in total. The Bertz CT molecular complexity index is 1360. The van der Waals surface area contributed by atoms with Crippen LogP contribution in [0, 0.1) is 0 Å². The SMILES string of the molecule is CCc1nn(Cc2ccc(NC3OC3OCc3ccc4ccccc4c3)cc2)c(CC)c1CC(=O)O. The van der Waals surface area contributed by atoms with Crippen LogP contribution in [0.1, 0.15) is 41.9 Å². The fourth-order valence-corrected chi connectivity index (χ4v) is 4.63. The predicted molar refractivity (Wildman–Crippen MR) is 139 cm³/mol. The van der Waals surface area contributed by atoms with Gasteiger partial charge in [-0.25, -0.2) is 0 Å². The second kappa shape index (κ2) is 10.5. The lowest BCUT2D eigenvalue weighted by Gasteiger charge is -2.09. The minimum Gasteiger partial charge on any atom is -0.481 e. The van der Waals surface area contributed by atoms with Gasteiger partial charge in [0.15, 0.2) is 6.23 Å². The number of aliphatic carboxylic acids is 1. The Morgan fingerprint density at radius 3 is 2.50 bits per heavy atom. The van der Waals surface area contributed by atoms with Gasteiger partial charge in [0.05, 0.1) is 25.3 Å². The van der Waals surface area contributed by atoms with E-state index in [0.717, 1.165) is 46.6 Å². The van der Waals surface area contributed by atoms with Crippen molar-refractivity contribution in [2.24, 2.45) is 0 Å². The number of benzene rings is 3. The lowest BCUT2D eigenvalue weighted by atomic mass is 10.1. The van der Waals surface area contributed by atoms with Gasteiger partial charge in [-0.05, 0) is 52.9 Å². The molecule has 186 valence electrons. The molecule has 0 spiro atoms. The summed E-state index contributed by atoms with van der Waals surface area (Å²) in [5, 5.41) is 19.8. The highest BCUT2D eigenvalue weighted by Crippen LogP contribution is 2.27.